The Morgan fingerprint density at radius 2 is 1.84 bits per heavy atom. The zero-order valence-electron chi connectivity index (χ0n) is 12.8. The molecule has 8 heteroatoms. The maximum absolute atomic E-state index is 6.27. The van der Waals surface area contributed by atoms with Crippen molar-refractivity contribution in [3.63, 3.8) is 0 Å². The smallest absolute Gasteiger partial charge is 0.235 e. The first-order valence-corrected chi connectivity index (χ1v) is 8.84. The Labute approximate surface area is 151 Å². The van der Waals surface area contributed by atoms with Crippen molar-refractivity contribution >= 4 is 27.9 Å². The summed E-state index contributed by atoms with van der Waals surface area (Å²) in [5.74, 6) is 2.03. The molecule has 1 aliphatic heterocycles. The highest BCUT2D eigenvalue weighted by atomic mass is 35.5. The Morgan fingerprint density at radius 1 is 1.04 bits per heavy atom. The van der Waals surface area contributed by atoms with Crippen LogP contribution in [0.25, 0.3) is 15.5 Å². The highest BCUT2D eigenvalue weighted by Crippen LogP contribution is 2.36. The predicted molar refractivity (Wildman–Crippen MR) is 94.4 cm³/mol. The number of ether oxygens (including phenoxy) is 2. The van der Waals surface area contributed by atoms with Crippen molar-refractivity contribution in [2.45, 2.75) is 6.10 Å². The fraction of sp³-hybridized carbons (Fsp3) is 0.118. The van der Waals surface area contributed by atoms with E-state index >= 15 is 0 Å². The number of aromatic nitrogens is 4. The first kappa shape index (κ1) is 14.7. The molecule has 0 saturated carbocycles. The standard InChI is InChI=1S/C17H11ClN4O2S/c18-11-6-2-1-5-10(11)16-21-22-15(19-20-17(22)25-16)14-9-23-12-7-3-4-8-13(12)24-14/h1-8,14H,9H2. The molecule has 0 aliphatic carbocycles. The van der Waals surface area contributed by atoms with Gasteiger partial charge in [0, 0.05) is 5.56 Å². The van der Waals surface area contributed by atoms with Crippen LogP contribution in [0.4, 0.5) is 0 Å². The van der Waals surface area contributed by atoms with Gasteiger partial charge in [-0.3, -0.25) is 0 Å². The fourth-order valence-corrected chi connectivity index (χ4v) is 3.89. The van der Waals surface area contributed by atoms with Crippen LogP contribution in [0.15, 0.2) is 48.5 Å². The number of fused-ring (bicyclic) bond motifs is 2. The Morgan fingerprint density at radius 3 is 2.72 bits per heavy atom. The third kappa shape index (κ3) is 2.43. The summed E-state index contributed by atoms with van der Waals surface area (Å²) >= 11 is 7.71. The summed E-state index contributed by atoms with van der Waals surface area (Å²) in [5.41, 5.74) is 0.872. The van der Waals surface area contributed by atoms with Gasteiger partial charge >= 0.3 is 0 Å². The molecule has 2 aromatic carbocycles. The van der Waals surface area contributed by atoms with Gasteiger partial charge in [0.05, 0.1) is 5.02 Å². The Balaban J connectivity index is 1.54. The average Bonchev–Trinajstić information content (AvgIpc) is 3.22. The number of hydrogen-bond acceptors (Lipinski definition) is 6. The van der Waals surface area contributed by atoms with E-state index in [9.17, 15) is 0 Å². The van der Waals surface area contributed by atoms with Crippen molar-refractivity contribution in [1.29, 1.82) is 0 Å². The van der Waals surface area contributed by atoms with Gasteiger partial charge in [0.15, 0.2) is 23.4 Å². The maximum atomic E-state index is 6.27. The molecule has 124 valence electrons. The number of halogens is 1. The van der Waals surface area contributed by atoms with Crippen LogP contribution in [0.5, 0.6) is 11.5 Å². The summed E-state index contributed by atoms with van der Waals surface area (Å²) in [6, 6.07) is 15.2. The van der Waals surface area contributed by atoms with Crippen molar-refractivity contribution in [2.24, 2.45) is 0 Å². The first-order chi connectivity index (χ1) is 12.3. The Bertz CT molecular complexity index is 1080. The maximum Gasteiger partial charge on any atom is 0.235 e. The molecule has 0 radical (unpaired) electrons. The van der Waals surface area contributed by atoms with E-state index in [1.165, 1.54) is 11.3 Å². The summed E-state index contributed by atoms with van der Waals surface area (Å²) in [4.78, 5) is 0.687. The molecule has 0 fully saturated rings. The van der Waals surface area contributed by atoms with Crippen molar-refractivity contribution in [1.82, 2.24) is 19.8 Å². The second-order valence-corrected chi connectivity index (χ2v) is 6.87. The molecule has 0 spiro atoms. The highest BCUT2D eigenvalue weighted by molar-refractivity contribution is 7.19. The van der Waals surface area contributed by atoms with Crippen molar-refractivity contribution < 1.29 is 9.47 Å². The number of rotatable bonds is 2. The van der Waals surface area contributed by atoms with Gasteiger partial charge in [0.2, 0.25) is 4.96 Å². The summed E-state index contributed by atoms with van der Waals surface area (Å²) in [6.45, 7) is 0.358. The second-order valence-electron chi connectivity index (χ2n) is 5.50. The molecule has 5 rings (SSSR count). The molecule has 1 aliphatic rings. The van der Waals surface area contributed by atoms with Gasteiger partial charge in [-0.2, -0.15) is 9.61 Å². The van der Waals surface area contributed by atoms with Crippen LogP contribution in [0, 0.1) is 0 Å². The van der Waals surface area contributed by atoms with E-state index in [1.54, 1.807) is 4.52 Å². The molecule has 0 N–H and O–H groups in total. The minimum atomic E-state index is -0.369. The van der Waals surface area contributed by atoms with E-state index in [0.717, 1.165) is 16.3 Å². The van der Waals surface area contributed by atoms with Crippen LogP contribution in [-0.2, 0) is 0 Å². The molecule has 2 aromatic heterocycles. The minimum Gasteiger partial charge on any atom is -0.485 e. The van der Waals surface area contributed by atoms with E-state index in [1.807, 2.05) is 48.5 Å². The normalized spacial score (nSPS) is 16.3. The van der Waals surface area contributed by atoms with Crippen molar-refractivity contribution in [3.05, 3.63) is 59.4 Å². The lowest BCUT2D eigenvalue weighted by Gasteiger charge is -2.24. The summed E-state index contributed by atoms with van der Waals surface area (Å²) in [5, 5.41) is 14.5. The minimum absolute atomic E-state index is 0.358. The van der Waals surface area contributed by atoms with E-state index in [-0.39, 0.29) is 6.10 Å². The van der Waals surface area contributed by atoms with Gasteiger partial charge in [0.25, 0.3) is 0 Å². The summed E-state index contributed by atoms with van der Waals surface area (Å²) < 4.78 is 13.5. The Kier molecular flexibility index (Phi) is 3.36. The monoisotopic (exact) mass is 370 g/mol. The van der Waals surface area contributed by atoms with Gasteiger partial charge < -0.3 is 9.47 Å². The van der Waals surface area contributed by atoms with Crippen LogP contribution in [0.1, 0.15) is 11.9 Å². The van der Waals surface area contributed by atoms with E-state index in [0.29, 0.717) is 28.2 Å². The lowest BCUT2D eigenvalue weighted by molar-refractivity contribution is 0.0836. The quantitative estimate of drug-likeness (QED) is 0.533. The van der Waals surface area contributed by atoms with Gasteiger partial charge in [-0.05, 0) is 18.2 Å². The molecule has 3 heterocycles. The van der Waals surface area contributed by atoms with Crippen molar-refractivity contribution in [2.75, 3.05) is 6.61 Å². The SMILES string of the molecule is Clc1ccccc1-c1nn2c(C3COc4ccccc4O3)nnc2s1. The number of benzene rings is 2. The van der Waals surface area contributed by atoms with Crippen LogP contribution in [-0.4, -0.2) is 26.4 Å². The molecule has 1 unspecified atom stereocenters. The summed E-state index contributed by atoms with van der Waals surface area (Å²) in [7, 11) is 0. The van der Waals surface area contributed by atoms with Crippen molar-refractivity contribution in [3.8, 4) is 22.1 Å². The molecule has 6 nitrogen and oxygen atoms in total. The van der Waals surface area contributed by atoms with Gasteiger partial charge in [0.1, 0.15) is 11.6 Å². The van der Waals surface area contributed by atoms with E-state index < -0.39 is 0 Å². The van der Waals surface area contributed by atoms with Crippen LogP contribution >= 0.6 is 22.9 Å². The molecule has 4 aromatic rings. The highest BCUT2D eigenvalue weighted by Gasteiger charge is 2.28. The van der Waals surface area contributed by atoms with Gasteiger partial charge in [-0.15, -0.1) is 10.2 Å². The zero-order chi connectivity index (χ0) is 16.8. The summed E-state index contributed by atoms with van der Waals surface area (Å²) in [6.07, 6.45) is -0.369. The number of para-hydroxylation sites is 2. The van der Waals surface area contributed by atoms with E-state index in [4.69, 9.17) is 21.1 Å². The molecule has 25 heavy (non-hydrogen) atoms. The van der Waals surface area contributed by atoms with Gasteiger partial charge in [-0.1, -0.05) is 53.3 Å². The zero-order valence-corrected chi connectivity index (χ0v) is 14.4. The molecule has 0 bridgehead atoms. The van der Waals surface area contributed by atoms with Gasteiger partial charge in [-0.25, -0.2) is 0 Å². The molecular weight excluding hydrogens is 360 g/mol. The average molecular weight is 371 g/mol. The van der Waals surface area contributed by atoms with Crippen LogP contribution in [0.3, 0.4) is 0 Å². The first-order valence-electron chi connectivity index (χ1n) is 7.65. The predicted octanol–water partition coefficient (Wildman–Crippen LogP) is 4.02. The number of nitrogens with zero attached hydrogens (tertiary/aromatic N) is 4. The third-order valence-electron chi connectivity index (χ3n) is 3.92. The largest absolute Gasteiger partial charge is 0.485 e. The molecule has 1 atom stereocenters. The molecular formula is C17H11ClN4O2S. The van der Waals surface area contributed by atoms with Crippen LogP contribution in [0.2, 0.25) is 5.02 Å². The van der Waals surface area contributed by atoms with Crippen LogP contribution < -0.4 is 9.47 Å². The topological polar surface area (TPSA) is 61.5 Å². The second kappa shape index (κ2) is 5.72. The lowest BCUT2D eigenvalue weighted by Crippen LogP contribution is -2.23. The lowest BCUT2D eigenvalue weighted by atomic mass is 10.2. The number of hydrogen-bond donors (Lipinski definition) is 0. The third-order valence-corrected chi connectivity index (χ3v) is 5.18. The fourth-order valence-electron chi connectivity index (χ4n) is 2.72. The molecule has 0 saturated heterocycles. The van der Waals surface area contributed by atoms with E-state index in [2.05, 4.69) is 15.3 Å². The molecule has 0 amide bonds. The Hall–Kier alpha value is -2.64.